The number of carbonyl (C=O) groups is 1. The number of aryl methyl sites for hydroxylation is 1. The van der Waals surface area contributed by atoms with Crippen LogP contribution in [0, 0.1) is 12.8 Å². The SMILES string of the molecule is Cc1cc(Cl)c(C(=O)NCC(C)C)cn1. The first-order valence-corrected chi connectivity index (χ1v) is 5.29. The Morgan fingerprint density at radius 2 is 2.27 bits per heavy atom. The number of carbonyl (C=O) groups excluding carboxylic acids is 1. The van der Waals surface area contributed by atoms with Crippen LogP contribution in [0.25, 0.3) is 0 Å². The van der Waals surface area contributed by atoms with Gasteiger partial charge in [0.15, 0.2) is 0 Å². The second kappa shape index (κ2) is 5.12. The van der Waals surface area contributed by atoms with E-state index < -0.39 is 0 Å². The molecule has 0 aromatic carbocycles. The van der Waals surface area contributed by atoms with Crippen molar-refractivity contribution in [2.75, 3.05) is 6.54 Å². The van der Waals surface area contributed by atoms with Crippen LogP contribution in [0.5, 0.6) is 0 Å². The van der Waals surface area contributed by atoms with Gasteiger partial charge in [-0.2, -0.15) is 0 Å². The average Bonchev–Trinajstić information content (AvgIpc) is 2.14. The molecule has 4 heteroatoms. The van der Waals surface area contributed by atoms with Gasteiger partial charge in [-0.15, -0.1) is 0 Å². The molecule has 1 N–H and O–H groups in total. The van der Waals surface area contributed by atoms with Gasteiger partial charge in [0.05, 0.1) is 10.6 Å². The van der Waals surface area contributed by atoms with Crippen molar-refractivity contribution in [3.05, 3.63) is 28.5 Å². The first kappa shape index (κ1) is 12.0. The normalized spacial score (nSPS) is 10.5. The molecule has 0 aliphatic carbocycles. The molecule has 1 aromatic rings. The van der Waals surface area contributed by atoms with E-state index in [0.717, 1.165) is 5.69 Å². The minimum absolute atomic E-state index is 0.166. The molecule has 0 spiro atoms. The van der Waals surface area contributed by atoms with E-state index in [1.807, 2.05) is 20.8 Å². The summed E-state index contributed by atoms with van der Waals surface area (Å²) in [7, 11) is 0. The lowest BCUT2D eigenvalue weighted by molar-refractivity contribution is 0.0949. The molecule has 1 aromatic heterocycles. The molecular weight excluding hydrogens is 212 g/mol. The van der Waals surface area contributed by atoms with Crippen molar-refractivity contribution in [2.45, 2.75) is 20.8 Å². The molecule has 0 unspecified atom stereocenters. The van der Waals surface area contributed by atoms with Crippen molar-refractivity contribution in [2.24, 2.45) is 5.92 Å². The highest BCUT2D eigenvalue weighted by molar-refractivity contribution is 6.33. The van der Waals surface area contributed by atoms with Gasteiger partial charge < -0.3 is 5.32 Å². The van der Waals surface area contributed by atoms with Crippen LogP contribution in [0.15, 0.2) is 12.3 Å². The lowest BCUT2D eigenvalue weighted by Gasteiger charge is -2.08. The Bertz CT molecular complexity index is 364. The van der Waals surface area contributed by atoms with Gasteiger partial charge >= 0.3 is 0 Å². The summed E-state index contributed by atoms with van der Waals surface area (Å²) in [6, 6.07) is 1.69. The lowest BCUT2D eigenvalue weighted by atomic mass is 10.2. The zero-order chi connectivity index (χ0) is 11.4. The summed E-state index contributed by atoms with van der Waals surface area (Å²) in [5, 5.41) is 3.24. The fourth-order valence-electron chi connectivity index (χ4n) is 1.09. The third-order valence-electron chi connectivity index (χ3n) is 1.91. The van der Waals surface area contributed by atoms with Crippen LogP contribution in [0.1, 0.15) is 29.9 Å². The van der Waals surface area contributed by atoms with Gasteiger partial charge in [0, 0.05) is 18.4 Å². The van der Waals surface area contributed by atoms with Gasteiger partial charge in [0.2, 0.25) is 0 Å². The predicted octanol–water partition coefficient (Wildman–Crippen LogP) is 2.43. The largest absolute Gasteiger partial charge is 0.352 e. The third-order valence-corrected chi connectivity index (χ3v) is 2.22. The predicted molar refractivity (Wildman–Crippen MR) is 61.2 cm³/mol. The zero-order valence-electron chi connectivity index (χ0n) is 9.17. The molecule has 3 nitrogen and oxygen atoms in total. The number of rotatable bonds is 3. The van der Waals surface area contributed by atoms with Crippen LogP contribution in [0.4, 0.5) is 0 Å². The number of halogens is 1. The molecule has 0 bridgehead atoms. The minimum atomic E-state index is -0.166. The summed E-state index contributed by atoms with van der Waals surface area (Å²) in [5.41, 5.74) is 1.24. The van der Waals surface area contributed by atoms with E-state index in [1.165, 1.54) is 6.20 Å². The zero-order valence-corrected chi connectivity index (χ0v) is 9.93. The fraction of sp³-hybridized carbons (Fsp3) is 0.455. The first-order valence-electron chi connectivity index (χ1n) is 4.91. The van der Waals surface area contributed by atoms with Crippen molar-refractivity contribution >= 4 is 17.5 Å². The summed E-state index contributed by atoms with van der Waals surface area (Å²) in [5.74, 6) is 0.257. The van der Waals surface area contributed by atoms with E-state index >= 15 is 0 Å². The van der Waals surface area contributed by atoms with Gasteiger partial charge in [-0.1, -0.05) is 25.4 Å². The van der Waals surface area contributed by atoms with Crippen molar-refractivity contribution in [1.29, 1.82) is 0 Å². The second-order valence-electron chi connectivity index (χ2n) is 3.91. The van der Waals surface area contributed by atoms with Crippen LogP contribution in [-0.2, 0) is 0 Å². The Kier molecular flexibility index (Phi) is 4.09. The number of pyridine rings is 1. The molecule has 1 rings (SSSR count). The number of aromatic nitrogens is 1. The molecule has 1 amide bonds. The van der Waals surface area contributed by atoms with Gasteiger partial charge in [0.1, 0.15) is 0 Å². The molecule has 0 atom stereocenters. The van der Waals surface area contributed by atoms with Crippen LogP contribution in [0.3, 0.4) is 0 Å². The molecule has 1 heterocycles. The van der Waals surface area contributed by atoms with Crippen LogP contribution < -0.4 is 5.32 Å². The molecule has 0 fully saturated rings. The highest BCUT2D eigenvalue weighted by Crippen LogP contribution is 2.15. The van der Waals surface area contributed by atoms with Crippen LogP contribution >= 0.6 is 11.6 Å². The number of hydrogen-bond acceptors (Lipinski definition) is 2. The molecule has 0 radical (unpaired) electrons. The molecule has 82 valence electrons. The standard InChI is InChI=1S/C11H15ClN2O/c1-7(2)5-14-11(15)9-6-13-8(3)4-10(9)12/h4,6-7H,5H2,1-3H3,(H,14,15). The number of nitrogens with zero attached hydrogens (tertiary/aromatic N) is 1. The van der Waals surface area contributed by atoms with Crippen molar-refractivity contribution in [1.82, 2.24) is 10.3 Å². The Hall–Kier alpha value is -1.09. The van der Waals surface area contributed by atoms with E-state index in [4.69, 9.17) is 11.6 Å². The van der Waals surface area contributed by atoms with Crippen molar-refractivity contribution < 1.29 is 4.79 Å². The Balaban J connectivity index is 2.74. The van der Waals surface area contributed by atoms with Crippen LogP contribution in [0.2, 0.25) is 5.02 Å². The Morgan fingerprint density at radius 1 is 1.60 bits per heavy atom. The van der Waals surface area contributed by atoms with Gasteiger partial charge in [-0.25, -0.2) is 0 Å². The third kappa shape index (κ3) is 3.51. The Morgan fingerprint density at radius 3 is 2.80 bits per heavy atom. The monoisotopic (exact) mass is 226 g/mol. The molecule has 0 saturated carbocycles. The summed E-state index contributed by atoms with van der Waals surface area (Å²) in [6.07, 6.45) is 1.51. The number of nitrogens with one attached hydrogen (secondary N) is 1. The lowest BCUT2D eigenvalue weighted by Crippen LogP contribution is -2.27. The van der Waals surface area contributed by atoms with Gasteiger partial charge in [-0.05, 0) is 18.9 Å². The summed E-state index contributed by atoms with van der Waals surface area (Å²) in [6.45, 7) is 6.55. The van der Waals surface area contributed by atoms with Crippen molar-refractivity contribution in [3.63, 3.8) is 0 Å². The molecule has 15 heavy (non-hydrogen) atoms. The molecule has 0 saturated heterocycles. The van der Waals surface area contributed by atoms with E-state index in [0.29, 0.717) is 23.0 Å². The maximum atomic E-state index is 11.6. The van der Waals surface area contributed by atoms with Crippen molar-refractivity contribution in [3.8, 4) is 0 Å². The van der Waals surface area contributed by atoms with Gasteiger partial charge in [0.25, 0.3) is 5.91 Å². The Labute approximate surface area is 94.9 Å². The fourth-order valence-corrected chi connectivity index (χ4v) is 1.38. The maximum absolute atomic E-state index is 11.6. The highest BCUT2D eigenvalue weighted by atomic mass is 35.5. The quantitative estimate of drug-likeness (QED) is 0.860. The van der Waals surface area contributed by atoms with E-state index in [9.17, 15) is 4.79 Å². The summed E-state index contributed by atoms with van der Waals surface area (Å²) < 4.78 is 0. The second-order valence-corrected chi connectivity index (χ2v) is 4.32. The molecule has 0 aliphatic heterocycles. The molecule has 0 aliphatic rings. The van der Waals surface area contributed by atoms with E-state index in [2.05, 4.69) is 10.3 Å². The maximum Gasteiger partial charge on any atom is 0.254 e. The van der Waals surface area contributed by atoms with E-state index in [1.54, 1.807) is 6.07 Å². The summed E-state index contributed by atoms with van der Waals surface area (Å²) >= 11 is 5.94. The first-order chi connectivity index (χ1) is 7.00. The average molecular weight is 227 g/mol. The minimum Gasteiger partial charge on any atom is -0.352 e. The van der Waals surface area contributed by atoms with Crippen LogP contribution in [-0.4, -0.2) is 17.4 Å². The highest BCUT2D eigenvalue weighted by Gasteiger charge is 2.10. The van der Waals surface area contributed by atoms with E-state index in [-0.39, 0.29) is 5.91 Å². The topological polar surface area (TPSA) is 42.0 Å². The number of amides is 1. The smallest absolute Gasteiger partial charge is 0.254 e. The summed E-state index contributed by atoms with van der Waals surface area (Å²) in [4.78, 5) is 15.7. The number of hydrogen-bond donors (Lipinski definition) is 1. The van der Waals surface area contributed by atoms with Gasteiger partial charge in [-0.3, -0.25) is 9.78 Å². The molecular formula is C11H15ClN2O.